The lowest BCUT2D eigenvalue weighted by atomic mass is 10.1. The van der Waals surface area contributed by atoms with Crippen LogP contribution in [0.2, 0.25) is 10.0 Å². The summed E-state index contributed by atoms with van der Waals surface area (Å²) in [5.41, 5.74) is 5.66. The van der Waals surface area contributed by atoms with E-state index in [1.165, 1.54) is 11.1 Å². The molecule has 0 aromatic heterocycles. The third-order valence-corrected chi connectivity index (χ3v) is 6.15. The van der Waals surface area contributed by atoms with Crippen molar-refractivity contribution in [1.29, 1.82) is 0 Å². The van der Waals surface area contributed by atoms with Crippen LogP contribution >= 0.6 is 45.8 Å². The predicted molar refractivity (Wildman–Crippen MR) is 134 cm³/mol. The first-order valence-electron chi connectivity index (χ1n) is 9.70. The summed E-state index contributed by atoms with van der Waals surface area (Å²) in [7, 11) is 0. The minimum atomic E-state index is 0.340. The number of ether oxygens (including phenoxy) is 2. The van der Waals surface area contributed by atoms with Crippen LogP contribution < -0.4 is 14.8 Å². The van der Waals surface area contributed by atoms with E-state index < -0.39 is 0 Å². The van der Waals surface area contributed by atoms with Gasteiger partial charge in [-0.2, -0.15) is 0 Å². The number of nitrogens with one attached hydrogen (secondary N) is 1. The Bertz CT molecular complexity index is 1040. The van der Waals surface area contributed by atoms with Gasteiger partial charge < -0.3 is 14.8 Å². The van der Waals surface area contributed by atoms with Crippen LogP contribution in [0.3, 0.4) is 0 Å². The largest absolute Gasteiger partial charge is 0.490 e. The minimum Gasteiger partial charge on any atom is -0.490 e. The molecule has 30 heavy (non-hydrogen) atoms. The minimum absolute atomic E-state index is 0.340. The highest BCUT2D eigenvalue weighted by atomic mass is 127. The van der Waals surface area contributed by atoms with Crippen LogP contribution in [0.15, 0.2) is 48.5 Å². The smallest absolute Gasteiger partial charge is 0.174 e. The van der Waals surface area contributed by atoms with Crippen molar-refractivity contribution in [2.45, 2.75) is 33.9 Å². The summed E-state index contributed by atoms with van der Waals surface area (Å²) >= 11 is 14.5. The molecule has 0 atom stereocenters. The van der Waals surface area contributed by atoms with E-state index in [1.54, 1.807) is 6.07 Å². The normalized spacial score (nSPS) is 10.7. The molecule has 0 radical (unpaired) electrons. The van der Waals surface area contributed by atoms with Crippen molar-refractivity contribution in [2.24, 2.45) is 0 Å². The zero-order valence-corrected chi connectivity index (χ0v) is 20.9. The van der Waals surface area contributed by atoms with Crippen LogP contribution in [0.5, 0.6) is 11.5 Å². The van der Waals surface area contributed by atoms with Gasteiger partial charge in [0.05, 0.1) is 10.2 Å². The fourth-order valence-electron chi connectivity index (χ4n) is 2.97. The summed E-state index contributed by atoms with van der Waals surface area (Å²) < 4.78 is 13.0. The van der Waals surface area contributed by atoms with Gasteiger partial charge in [-0.1, -0.05) is 35.3 Å². The zero-order chi connectivity index (χ0) is 21.7. The molecule has 0 aliphatic heterocycles. The summed E-state index contributed by atoms with van der Waals surface area (Å²) in [5.74, 6) is 1.45. The van der Waals surface area contributed by atoms with Crippen molar-refractivity contribution in [3.05, 3.63) is 84.4 Å². The summed E-state index contributed by atoms with van der Waals surface area (Å²) in [4.78, 5) is 0. The number of hydrogen-bond acceptors (Lipinski definition) is 3. The van der Waals surface area contributed by atoms with E-state index in [0.29, 0.717) is 29.8 Å². The van der Waals surface area contributed by atoms with Gasteiger partial charge in [0.2, 0.25) is 0 Å². The van der Waals surface area contributed by atoms with E-state index in [-0.39, 0.29) is 0 Å². The average molecular weight is 556 g/mol. The van der Waals surface area contributed by atoms with Gasteiger partial charge in [-0.3, -0.25) is 0 Å². The SMILES string of the molecule is CCOc1cc(CNc2ccc(C)c(C)c2)cc(I)c1OCc1ccc(Cl)cc1Cl. The van der Waals surface area contributed by atoms with Crippen molar-refractivity contribution in [1.82, 2.24) is 0 Å². The molecule has 0 spiro atoms. The number of benzene rings is 3. The van der Waals surface area contributed by atoms with Crippen molar-refractivity contribution in [3.8, 4) is 11.5 Å². The van der Waals surface area contributed by atoms with E-state index in [0.717, 1.165) is 31.9 Å². The molecule has 3 nitrogen and oxygen atoms in total. The Morgan fingerprint density at radius 2 is 1.73 bits per heavy atom. The maximum absolute atomic E-state index is 6.28. The molecule has 0 aliphatic rings. The summed E-state index contributed by atoms with van der Waals surface area (Å²) in [6, 6.07) is 15.9. The molecule has 1 N–H and O–H groups in total. The molecule has 0 aliphatic carbocycles. The predicted octanol–water partition coefficient (Wildman–Crippen LogP) is 7.80. The van der Waals surface area contributed by atoms with Crippen LogP contribution in [0.1, 0.15) is 29.2 Å². The fourth-order valence-corrected chi connectivity index (χ4v) is 4.26. The van der Waals surface area contributed by atoms with Crippen LogP contribution in [0.4, 0.5) is 5.69 Å². The molecule has 0 bridgehead atoms. The summed E-state index contributed by atoms with van der Waals surface area (Å²) in [6.07, 6.45) is 0. The maximum Gasteiger partial charge on any atom is 0.174 e. The fraction of sp³-hybridized carbons (Fsp3) is 0.250. The molecule has 3 rings (SSSR count). The molecule has 0 amide bonds. The molecule has 3 aromatic rings. The molecule has 0 unspecified atom stereocenters. The van der Waals surface area contributed by atoms with E-state index in [1.807, 2.05) is 25.1 Å². The number of anilines is 1. The van der Waals surface area contributed by atoms with Gasteiger partial charge in [0.1, 0.15) is 6.61 Å². The first-order chi connectivity index (χ1) is 14.4. The number of aryl methyl sites for hydroxylation is 2. The molecule has 0 saturated heterocycles. The third kappa shape index (κ3) is 5.96. The average Bonchev–Trinajstić information content (AvgIpc) is 2.70. The Balaban J connectivity index is 1.76. The van der Waals surface area contributed by atoms with Crippen molar-refractivity contribution in [3.63, 3.8) is 0 Å². The van der Waals surface area contributed by atoms with E-state index in [2.05, 4.69) is 66.0 Å². The number of hydrogen-bond donors (Lipinski definition) is 1. The molecule has 0 saturated carbocycles. The topological polar surface area (TPSA) is 30.5 Å². The van der Waals surface area contributed by atoms with Gasteiger partial charge in [0.25, 0.3) is 0 Å². The first kappa shape index (κ1) is 23.0. The Kier molecular flexibility index (Phi) is 8.14. The Morgan fingerprint density at radius 3 is 2.43 bits per heavy atom. The van der Waals surface area contributed by atoms with E-state index >= 15 is 0 Å². The standard InChI is InChI=1S/C24H24Cl2INO2/c1-4-29-23-11-17(13-28-20-8-5-15(2)16(3)9-20)10-22(27)24(23)30-14-18-6-7-19(25)12-21(18)26/h5-12,28H,4,13-14H2,1-3H3. The van der Waals surface area contributed by atoms with Crippen molar-refractivity contribution >= 4 is 51.5 Å². The lowest BCUT2D eigenvalue weighted by molar-refractivity contribution is 0.267. The van der Waals surface area contributed by atoms with Crippen molar-refractivity contribution < 1.29 is 9.47 Å². The second-order valence-electron chi connectivity index (χ2n) is 7.01. The van der Waals surface area contributed by atoms with Crippen molar-refractivity contribution in [2.75, 3.05) is 11.9 Å². The Hall–Kier alpha value is -1.63. The van der Waals surface area contributed by atoms with Gasteiger partial charge >= 0.3 is 0 Å². The molecule has 3 aromatic carbocycles. The Labute approximate surface area is 201 Å². The van der Waals surface area contributed by atoms with E-state index in [4.69, 9.17) is 32.7 Å². The van der Waals surface area contributed by atoms with Gasteiger partial charge in [0, 0.05) is 27.8 Å². The van der Waals surface area contributed by atoms with Gasteiger partial charge in [-0.15, -0.1) is 0 Å². The van der Waals surface area contributed by atoms with Crippen LogP contribution in [-0.2, 0) is 13.2 Å². The molecule has 0 fully saturated rings. The lowest BCUT2D eigenvalue weighted by Crippen LogP contribution is -2.05. The molecular weight excluding hydrogens is 532 g/mol. The highest BCUT2D eigenvalue weighted by molar-refractivity contribution is 14.1. The van der Waals surface area contributed by atoms with Gasteiger partial charge in [-0.25, -0.2) is 0 Å². The van der Waals surface area contributed by atoms with Crippen LogP contribution in [0.25, 0.3) is 0 Å². The summed E-state index contributed by atoms with van der Waals surface area (Å²) in [6.45, 7) is 7.80. The van der Waals surface area contributed by atoms with Crippen LogP contribution in [-0.4, -0.2) is 6.61 Å². The van der Waals surface area contributed by atoms with Gasteiger partial charge in [-0.05, 0) is 96.5 Å². The zero-order valence-electron chi connectivity index (χ0n) is 17.2. The van der Waals surface area contributed by atoms with E-state index in [9.17, 15) is 0 Å². The highest BCUT2D eigenvalue weighted by Gasteiger charge is 2.14. The molecule has 6 heteroatoms. The molecule has 158 valence electrons. The lowest BCUT2D eigenvalue weighted by Gasteiger charge is -2.17. The first-order valence-corrected chi connectivity index (χ1v) is 11.5. The Morgan fingerprint density at radius 1 is 0.933 bits per heavy atom. The van der Waals surface area contributed by atoms with Gasteiger partial charge in [0.15, 0.2) is 11.5 Å². The maximum atomic E-state index is 6.28. The highest BCUT2D eigenvalue weighted by Crippen LogP contribution is 2.36. The number of halogens is 3. The number of rotatable bonds is 8. The second kappa shape index (κ2) is 10.6. The third-order valence-electron chi connectivity index (χ3n) is 4.76. The quantitative estimate of drug-likeness (QED) is 0.287. The molecular formula is C24H24Cl2INO2. The second-order valence-corrected chi connectivity index (χ2v) is 9.02. The summed E-state index contributed by atoms with van der Waals surface area (Å²) in [5, 5.41) is 4.68. The molecule has 0 heterocycles. The van der Waals surface area contributed by atoms with Crippen LogP contribution in [0, 0.1) is 17.4 Å². The monoisotopic (exact) mass is 555 g/mol.